The molecule has 0 bridgehead atoms. The number of piperidine rings is 1. The second kappa shape index (κ2) is 11.6. The third-order valence-corrected chi connectivity index (χ3v) is 9.63. The minimum atomic E-state index is -0.746. The summed E-state index contributed by atoms with van der Waals surface area (Å²) in [7, 11) is 0. The molecule has 12 heteroatoms. The Morgan fingerprint density at radius 1 is 1.22 bits per heavy atom. The maximum Gasteiger partial charge on any atom is 0.306 e. The summed E-state index contributed by atoms with van der Waals surface area (Å²) in [6, 6.07) is 2.56. The number of amides is 1. The number of carbonyl (C=O) groups is 2. The van der Waals surface area contributed by atoms with E-state index < -0.39 is 5.97 Å². The van der Waals surface area contributed by atoms with Crippen LogP contribution in [0.25, 0.3) is 5.70 Å². The van der Waals surface area contributed by atoms with E-state index in [0.29, 0.717) is 42.8 Å². The summed E-state index contributed by atoms with van der Waals surface area (Å²) >= 11 is 9.44. The molecule has 0 aromatic carbocycles. The summed E-state index contributed by atoms with van der Waals surface area (Å²) in [5.41, 5.74) is 0.948. The number of rotatable bonds is 8. The number of hydrogen-bond acceptors (Lipinski definition) is 9. The van der Waals surface area contributed by atoms with Crippen molar-refractivity contribution >= 4 is 58.1 Å². The molecule has 198 valence electrons. The number of likely N-dealkylation sites (tertiary alicyclic amines) is 1. The molecule has 5 heterocycles. The van der Waals surface area contributed by atoms with Gasteiger partial charge in [-0.25, -0.2) is 9.97 Å². The fourth-order valence-electron chi connectivity index (χ4n) is 5.18. The van der Waals surface area contributed by atoms with Crippen LogP contribution in [-0.4, -0.2) is 69.6 Å². The molecule has 9 nitrogen and oxygen atoms in total. The molecular formula is C25H31ClN6O3S2. The highest BCUT2D eigenvalue weighted by Crippen LogP contribution is 2.39. The van der Waals surface area contributed by atoms with Crippen molar-refractivity contribution in [2.75, 3.05) is 31.1 Å². The number of carbonyl (C=O) groups excluding carboxylic acids is 1. The molecule has 0 aliphatic carbocycles. The number of aromatic nitrogens is 2. The lowest BCUT2D eigenvalue weighted by molar-refractivity contribution is -0.142. The van der Waals surface area contributed by atoms with Gasteiger partial charge in [-0.3, -0.25) is 14.5 Å². The van der Waals surface area contributed by atoms with Gasteiger partial charge in [0.2, 0.25) is 0 Å². The van der Waals surface area contributed by atoms with Crippen molar-refractivity contribution in [1.29, 1.82) is 0 Å². The highest BCUT2D eigenvalue weighted by Gasteiger charge is 2.32. The Bertz CT molecular complexity index is 1170. The number of carboxylic acids is 1. The van der Waals surface area contributed by atoms with Gasteiger partial charge < -0.3 is 20.6 Å². The average Bonchev–Trinajstić information content (AvgIpc) is 3.64. The zero-order valence-corrected chi connectivity index (χ0v) is 23.0. The smallest absolute Gasteiger partial charge is 0.306 e. The number of thiophene rings is 1. The predicted octanol–water partition coefficient (Wildman–Crippen LogP) is 4.09. The van der Waals surface area contributed by atoms with E-state index in [2.05, 4.69) is 32.4 Å². The van der Waals surface area contributed by atoms with E-state index in [1.54, 1.807) is 29.3 Å². The number of hydrogen-bond donors (Lipinski definition) is 3. The molecule has 2 aromatic rings. The second-order valence-electron chi connectivity index (χ2n) is 9.58. The van der Waals surface area contributed by atoms with Gasteiger partial charge in [0.25, 0.3) is 5.91 Å². The number of thioether (sulfide) groups is 1. The molecule has 2 unspecified atom stereocenters. The molecule has 5 rings (SSSR count). The summed E-state index contributed by atoms with van der Waals surface area (Å²) < 4.78 is 0. The maximum atomic E-state index is 13.0. The highest BCUT2D eigenvalue weighted by atomic mass is 35.5. The Kier molecular flexibility index (Phi) is 8.23. The van der Waals surface area contributed by atoms with Crippen molar-refractivity contribution in [3.05, 3.63) is 44.3 Å². The van der Waals surface area contributed by atoms with E-state index in [0.717, 1.165) is 30.1 Å². The standard InChI is InChI=1S/C25H31ClN6O3S2/c1-2-17-4-3-7-32(17)13-20-22(19-10-16(26)14-36-19)29-25(37-20)30-23(33)18-11-28-21(12-27-18)31-8-5-15(6-9-31)24(34)35/h10-12,14-15,17,25,29H,2-9,13H2,1H3,(H,30,33)(H,34,35). The Labute approximate surface area is 229 Å². The predicted molar refractivity (Wildman–Crippen MR) is 148 cm³/mol. The van der Waals surface area contributed by atoms with E-state index in [-0.39, 0.29) is 23.0 Å². The second-order valence-corrected chi connectivity index (χ2v) is 12.1. The topological polar surface area (TPSA) is 111 Å². The van der Waals surface area contributed by atoms with Crippen molar-refractivity contribution in [2.45, 2.75) is 50.6 Å². The third-order valence-electron chi connectivity index (χ3n) is 7.25. The van der Waals surface area contributed by atoms with E-state index in [1.165, 1.54) is 23.9 Å². The first-order chi connectivity index (χ1) is 17.9. The van der Waals surface area contributed by atoms with E-state index in [9.17, 15) is 14.7 Å². The molecule has 3 aliphatic rings. The Balaban J connectivity index is 1.22. The van der Waals surface area contributed by atoms with Crippen molar-refractivity contribution in [3.63, 3.8) is 0 Å². The zero-order chi connectivity index (χ0) is 25.9. The molecule has 0 saturated carbocycles. The Morgan fingerprint density at radius 2 is 2.03 bits per heavy atom. The SMILES string of the molecule is CCC1CCCN1CC1=C(c2cc(Cl)cs2)NC(NC(=O)c2cnc(N3CCC(C(=O)O)CC3)cn2)S1. The van der Waals surface area contributed by atoms with Crippen LogP contribution >= 0.6 is 34.7 Å². The largest absolute Gasteiger partial charge is 0.481 e. The Hall–Kier alpha value is -2.34. The first-order valence-electron chi connectivity index (χ1n) is 12.7. The summed E-state index contributed by atoms with van der Waals surface area (Å²) in [6.45, 7) is 5.40. The lowest BCUT2D eigenvalue weighted by Crippen LogP contribution is -2.40. The third kappa shape index (κ3) is 6.05. The van der Waals surface area contributed by atoms with Crippen molar-refractivity contribution in [2.24, 2.45) is 5.92 Å². The number of halogens is 1. The van der Waals surface area contributed by atoms with Gasteiger partial charge in [0, 0.05) is 36.0 Å². The normalized spacial score (nSPS) is 22.9. The van der Waals surface area contributed by atoms with Crippen molar-refractivity contribution in [1.82, 2.24) is 25.5 Å². The van der Waals surface area contributed by atoms with Crippen molar-refractivity contribution in [3.8, 4) is 0 Å². The fraction of sp³-hybridized carbons (Fsp3) is 0.520. The van der Waals surface area contributed by atoms with Gasteiger partial charge in [0.05, 0.1) is 33.9 Å². The van der Waals surface area contributed by atoms with Crippen LogP contribution in [0, 0.1) is 5.92 Å². The first-order valence-corrected chi connectivity index (χ1v) is 14.8. The molecule has 3 N–H and O–H groups in total. The van der Waals surface area contributed by atoms with Crippen LogP contribution < -0.4 is 15.5 Å². The van der Waals surface area contributed by atoms with Crippen LogP contribution in [0.2, 0.25) is 5.02 Å². The monoisotopic (exact) mass is 562 g/mol. The van der Waals surface area contributed by atoms with Gasteiger partial charge in [-0.05, 0) is 44.7 Å². The lowest BCUT2D eigenvalue weighted by atomic mass is 9.97. The number of carboxylic acid groups (broad SMARTS) is 1. The van der Waals surface area contributed by atoms with E-state index in [4.69, 9.17) is 11.6 Å². The van der Waals surface area contributed by atoms with E-state index in [1.807, 2.05) is 16.3 Å². The maximum absolute atomic E-state index is 13.0. The summed E-state index contributed by atoms with van der Waals surface area (Å²) in [5, 5.41) is 18.4. The number of aliphatic carboxylic acids is 1. The van der Waals surface area contributed by atoms with Crippen LogP contribution in [-0.2, 0) is 4.79 Å². The molecule has 1 amide bonds. The van der Waals surface area contributed by atoms with Crippen LogP contribution in [0.1, 0.15) is 54.4 Å². The van der Waals surface area contributed by atoms with Crippen molar-refractivity contribution < 1.29 is 14.7 Å². The lowest BCUT2D eigenvalue weighted by Gasteiger charge is -2.30. The van der Waals surface area contributed by atoms with Gasteiger partial charge >= 0.3 is 5.97 Å². The van der Waals surface area contributed by atoms with Crippen LogP contribution in [0.4, 0.5) is 5.82 Å². The van der Waals surface area contributed by atoms with Gasteiger partial charge in [0.15, 0.2) is 5.50 Å². The highest BCUT2D eigenvalue weighted by molar-refractivity contribution is 8.04. The minimum absolute atomic E-state index is 0.242. The molecule has 2 atom stereocenters. The molecule has 0 radical (unpaired) electrons. The molecule has 37 heavy (non-hydrogen) atoms. The molecule has 2 fully saturated rings. The Morgan fingerprint density at radius 3 is 2.68 bits per heavy atom. The van der Waals surface area contributed by atoms with Gasteiger partial charge in [-0.2, -0.15) is 0 Å². The van der Waals surface area contributed by atoms with E-state index >= 15 is 0 Å². The summed E-state index contributed by atoms with van der Waals surface area (Å²) in [6.07, 6.45) is 7.81. The minimum Gasteiger partial charge on any atom is -0.481 e. The van der Waals surface area contributed by atoms with Crippen LogP contribution in [0.15, 0.2) is 28.7 Å². The number of anilines is 1. The van der Waals surface area contributed by atoms with Gasteiger partial charge in [-0.15, -0.1) is 11.3 Å². The van der Waals surface area contributed by atoms with Crippen LogP contribution in [0.5, 0.6) is 0 Å². The van der Waals surface area contributed by atoms with Gasteiger partial charge in [-0.1, -0.05) is 30.3 Å². The van der Waals surface area contributed by atoms with Crippen LogP contribution in [0.3, 0.4) is 0 Å². The fourth-order valence-corrected chi connectivity index (χ4v) is 7.51. The first kappa shape index (κ1) is 26.3. The molecule has 2 aromatic heterocycles. The molecule has 0 spiro atoms. The van der Waals surface area contributed by atoms with Gasteiger partial charge in [0.1, 0.15) is 11.5 Å². The molecule has 2 saturated heterocycles. The quantitative estimate of drug-likeness (QED) is 0.438. The summed E-state index contributed by atoms with van der Waals surface area (Å²) in [4.78, 5) is 39.8. The zero-order valence-electron chi connectivity index (χ0n) is 20.7. The summed E-state index contributed by atoms with van der Waals surface area (Å²) in [5.74, 6) is -0.695. The number of nitrogens with one attached hydrogen (secondary N) is 2. The number of nitrogens with zero attached hydrogens (tertiary/aromatic N) is 4. The molecule has 3 aliphatic heterocycles. The average molecular weight is 563 g/mol. The molecular weight excluding hydrogens is 532 g/mol.